The number of hydrogen-bond donors (Lipinski definition) is 1. The smallest absolute Gasteiger partial charge is 0.152 e. The van der Waals surface area contributed by atoms with E-state index < -0.39 is 0 Å². The molecule has 3 aromatic rings. The molecule has 5 nitrogen and oxygen atoms in total. The lowest BCUT2D eigenvalue weighted by atomic mass is 10.3. The summed E-state index contributed by atoms with van der Waals surface area (Å²) in [7, 11) is 0. The van der Waals surface area contributed by atoms with E-state index >= 15 is 0 Å². The molecule has 3 aromatic heterocycles. The van der Waals surface area contributed by atoms with Crippen molar-refractivity contribution in [2.45, 2.75) is 0 Å². The lowest BCUT2D eigenvalue weighted by molar-refractivity contribution is 1.02. The van der Waals surface area contributed by atoms with Crippen molar-refractivity contribution in [2.75, 3.05) is 5.73 Å². The first kappa shape index (κ1) is 8.84. The summed E-state index contributed by atoms with van der Waals surface area (Å²) in [5.41, 5.74) is 8.19. The maximum absolute atomic E-state index is 5.89. The quantitative estimate of drug-likeness (QED) is 0.660. The third kappa shape index (κ3) is 1.22. The Hall–Kier alpha value is -2.43. The number of hydrogen-bond acceptors (Lipinski definition) is 4. The molecular weight excluding hydrogens is 202 g/mol. The molecule has 0 atom stereocenters. The van der Waals surface area contributed by atoms with Gasteiger partial charge in [0.05, 0.1) is 0 Å². The fourth-order valence-electron chi connectivity index (χ4n) is 1.70. The number of aromatic nitrogens is 4. The van der Waals surface area contributed by atoms with E-state index in [0.29, 0.717) is 5.82 Å². The highest BCUT2D eigenvalue weighted by atomic mass is 15.1. The lowest BCUT2D eigenvalue weighted by Gasteiger charge is -2.00. The van der Waals surface area contributed by atoms with Gasteiger partial charge in [0.25, 0.3) is 0 Å². The molecule has 0 saturated carbocycles. The summed E-state index contributed by atoms with van der Waals surface area (Å²) >= 11 is 0. The predicted octanol–water partition coefficient (Wildman–Crippen LogP) is 1.37. The van der Waals surface area contributed by atoms with Gasteiger partial charge in [-0.2, -0.15) is 5.10 Å². The Morgan fingerprint density at radius 1 is 1.12 bits per heavy atom. The average molecular weight is 211 g/mol. The summed E-state index contributed by atoms with van der Waals surface area (Å²) in [4.78, 5) is 4.26. The van der Waals surface area contributed by atoms with Crippen LogP contribution in [0.15, 0.2) is 42.7 Å². The van der Waals surface area contributed by atoms with Crippen LogP contribution in [0.3, 0.4) is 0 Å². The molecule has 0 aliphatic carbocycles. The number of fused-ring (bicyclic) bond motifs is 1. The zero-order valence-electron chi connectivity index (χ0n) is 8.41. The van der Waals surface area contributed by atoms with Gasteiger partial charge in [-0.15, -0.1) is 5.10 Å². The molecular formula is C11H9N5. The van der Waals surface area contributed by atoms with Gasteiger partial charge in [0.2, 0.25) is 0 Å². The maximum atomic E-state index is 5.89. The van der Waals surface area contributed by atoms with Crippen molar-refractivity contribution in [1.29, 1.82) is 0 Å². The van der Waals surface area contributed by atoms with Crippen LogP contribution >= 0.6 is 0 Å². The van der Waals surface area contributed by atoms with Gasteiger partial charge in [0.15, 0.2) is 5.82 Å². The van der Waals surface area contributed by atoms with Crippen molar-refractivity contribution < 1.29 is 0 Å². The Kier molecular flexibility index (Phi) is 1.83. The molecule has 0 aliphatic rings. The number of pyridine rings is 1. The Morgan fingerprint density at radius 3 is 2.88 bits per heavy atom. The van der Waals surface area contributed by atoms with Crippen LogP contribution in [0.25, 0.3) is 17.0 Å². The van der Waals surface area contributed by atoms with Crippen LogP contribution < -0.4 is 5.73 Å². The Bertz CT molecular complexity index is 629. The first-order valence-electron chi connectivity index (χ1n) is 4.87. The zero-order chi connectivity index (χ0) is 11.0. The SMILES string of the molecule is Nc1nc2ccccn2c1-c1cccnn1. The Labute approximate surface area is 91.6 Å². The van der Waals surface area contributed by atoms with Crippen molar-refractivity contribution in [1.82, 2.24) is 19.6 Å². The first-order chi connectivity index (χ1) is 7.86. The molecule has 3 heterocycles. The Morgan fingerprint density at radius 2 is 2.06 bits per heavy atom. The van der Waals surface area contributed by atoms with Crippen LogP contribution in [0.1, 0.15) is 0 Å². The van der Waals surface area contributed by atoms with Gasteiger partial charge in [-0.05, 0) is 24.3 Å². The van der Waals surface area contributed by atoms with Crippen molar-refractivity contribution in [3.63, 3.8) is 0 Å². The lowest BCUT2D eigenvalue weighted by Crippen LogP contribution is -1.94. The van der Waals surface area contributed by atoms with E-state index in [9.17, 15) is 0 Å². The van der Waals surface area contributed by atoms with Crippen LogP contribution in [-0.4, -0.2) is 19.6 Å². The van der Waals surface area contributed by atoms with Crippen LogP contribution in [0, 0.1) is 0 Å². The molecule has 0 unspecified atom stereocenters. The number of rotatable bonds is 1. The van der Waals surface area contributed by atoms with E-state index in [-0.39, 0.29) is 0 Å². The minimum atomic E-state index is 0.465. The van der Waals surface area contributed by atoms with Crippen LogP contribution in [0.2, 0.25) is 0 Å². The van der Waals surface area contributed by atoms with E-state index in [1.807, 2.05) is 40.9 Å². The molecule has 0 spiro atoms. The van der Waals surface area contributed by atoms with Gasteiger partial charge in [-0.25, -0.2) is 4.98 Å². The van der Waals surface area contributed by atoms with Gasteiger partial charge < -0.3 is 5.73 Å². The molecule has 0 radical (unpaired) electrons. The second-order valence-corrected chi connectivity index (χ2v) is 3.38. The normalized spacial score (nSPS) is 10.8. The Balaban J connectivity index is 2.35. The number of nitrogens with two attached hydrogens (primary N) is 1. The second-order valence-electron chi connectivity index (χ2n) is 3.38. The molecule has 78 valence electrons. The van der Waals surface area contributed by atoms with Crippen molar-refractivity contribution in [3.05, 3.63) is 42.7 Å². The summed E-state index contributed by atoms with van der Waals surface area (Å²) in [6.45, 7) is 0. The molecule has 16 heavy (non-hydrogen) atoms. The fraction of sp³-hybridized carbons (Fsp3) is 0. The van der Waals surface area contributed by atoms with Crippen molar-refractivity contribution in [2.24, 2.45) is 0 Å². The number of nitrogen functional groups attached to an aromatic ring is 1. The second kappa shape index (κ2) is 3.30. The van der Waals surface area contributed by atoms with Gasteiger partial charge in [-0.3, -0.25) is 4.40 Å². The summed E-state index contributed by atoms with van der Waals surface area (Å²) < 4.78 is 1.90. The molecule has 0 bridgehead atoms. The highest BCUT2D eigenvalue weighted by Gasteiger charge is 2.11. The highest BCUT2D eigenvalue weighted by Crippen LogP contribution is 2.24. The molecule has 0 fully saturated rings. The van der Waals surface area contributed by atoms with Gasteiger partial charge in [0.1, 0.15) is 17.0 Å². The van der Waals surface area contributed by atoms with Crippen LogP contribution in [-0.2, 0) is 0 Å². The van der Waals surface area contributed by atoms with Crippen molar-refractivity contribution in [3.8, 4) is 11.4 Å². The van der Waals surface area contributed by atoms with Gasteiger partial charge in [-0.1, -0.05) is 6.07 Å². The number of imidazole rings is 1. The number of nitrogens with zero attached hydrogens (tertiary/aromatic N) is 4. The predicted molar refractivity (Wildman–Crippen MR) is 60.6 cm³/mol. The van der Waals surface area contributed by atoms with E-state index in [4.69, 9.17) is 5.73 Å². The molecule has 0 saturated heterocycles. The molecule has 3 rings (SSSR count). The summed E-state index contributed by atoms with van der Waals surface area (Å²) in [6.07, 6.45) is 3.53. The monoisotopic (exact) mass is 211 g/mol. The van der Waals surface area contributed by atoms with E-state index in [0.717, 1.165) is 17.0 Å². The third-order valence-electron chi connectivity index (χ3n) is 2.37. The summed E-state index contributed by atoms with van der Waals surface area (Å²) in [6, 6.07) is 9.43. The largest absolute Gasteiger partial charge is 0.382 e. The molecule has 5 heteroatoms. The summed E-state index contributed by atoms with van der Waals surface area (Å²) in [5, 5.41) is 7.88. The molecule has 0 aromatic carbocycles. The minimum absolute atomic E-state index is 0.465. The van der Waals surface area contributed by atoms with Gasteiger partial charge in [0, 0.05) is 12.4 Å². The van der Waals surface area contributed by atoms with Gasteiger partial charge >= 0.3 is 0 Å². The topological polar surface area (TPSA) is 69.1 Å². The average Bonchev–Trinajstić information content (AvgIpc) is 2.66. The molecule has 0 amide bonds. The molecule has 0 aliphatic heterocycles. The van der Waals surface area contributed by atoms with Crippen molar-refractivity contribution >= 4 is 11.5 Å². The third-order valence-corrected chi connectivity index (χ3v) is 2.37. The van der Waals surface area contributed by atoms with E-state index in [2.05, 4.69) is 15.2 Å². The minimum Gasteiger partial charge on any atom is -0.382 e. The standard InChI is InChI=1S/C11H9N5/c12-11-10(8-4-3-6-13-15-8)16-7-2-1-5-9(16)14-11/h1-7H,12H2. The first-order valence-corrected chi connectivity index (χ1v) is 4.87. The fourth-order valence-corrected chi connectivity index (χ4v) is 1.70. The maximum Gasteiger partial charge on any atom is 0.152 e. The van der Waals surface area contributed by atoms with E-state index in [1.165, 1.54) is 0 Å². The zero-order valence-corrected chi connectivity index (χ0v) is 8.41. The molecule has 2 N–H and O–H groups in total. The van der Waals surface area contributed by atoms with Crippen LogP contribution in [0.4, 0.5) is 5.82 Å². The highest BCUT2D eigenvalue weighted by molar-refractivity contribution is 5.72. The van der Waals surface area contributed by atoms with E-state index in [1.54, 1.807) is 6.20 Å². The summed E-state index contributed by atoms with van der Waals surface area (Å²) in [5.74, 6) is 0.465. The van der Waals surface area contributed by atoms with Crippen LogP contribution in [0.5, 0.6) is 0 Å². The number of anilines is 1.